The van der Waals surface area contributed by atoms with Gasteiger partial charge in [-0.05, 0) is 31.6 Å². The highest BCUT2D eigenvalue weighted by Gasteiger charge is 2.32. The summed E-state index contributed by atoms with van der Waals surface area (Å²) in [7, 11) is 0. The lowest BCUT2D eigenvalue weighted by molar-refractivity contribution is -0.0175. The van der Waals surface area contributed by atoms with Crippen molar-refractivity contribution in [1.29, 1.82) is 0 Å². The van der Waals surface area contributed by atoms with Crippen molar-refractivity contribution in [3.05, 3.63) is 0 Å². The average molecular weight is 254 g/mol. The molecule has 3 heteroatoms. The van der Waals surface area contributed by atoms with E-state index in [4.69, 9.17) is 4.74 Å². The van der Waals surface area contributed by atoms with E-state index in [0.29, 0.717) is 18.1 Å². The van der Waals surface area contributed by atoms with Gasteiger partial charge in [0.05, 0.1) is 6.61 Å². The van der Waals surface area contributed by atoms with Crippen LogP contribution in [0.1, 0.15) is 46.5 Å². The molecule has 3 nitrogen and oxygen atoms in total. The van der Waals surface area contributed by atoms with Crippen molar-refractivity contribution < 1.29 is 4.74 Å². The van der Waals surface area contributed by atoms with E-state index in [1.165, 1.54) is 32.2 Å². The summed E-state index contributed by atoms with van der Waals surface area (Å²) in [5, 5.41) is 3.74. The normalized spacial score (nSPS) is 35.0. The first-order valence-corrected chi connectivity index (χ1v) is 7.77. The topological polar surface area (TPSA) is 24.5 Å². The first kappa shape index (κ1) is 14.3. The molecule has 0 aromatic carbocycles. The Labute approximate surface area is 112 Å². The second-order valence-corrected chi connectivity index (χ2v) is 6.36. The van der Waals surface area contributed by atoms with Gasteiger partial charge in [0.15, 0.2) is 0 Å². The number of ether oxygens (including phenoxy) is 1. The Kier molecular flexibility index (Phi) is 5.46. The smallest absolute Gasteiger partial charge is 0.0621 e. The average Bonchev–Trinajstić information content (AvgIpc) is 2.39. The van der Waals surface area contributed by atoms with Gasteiger partial charge in [0.2, 0.25) is 0 Å². The zero-order valence-electron chi connectivity index (χ0n) is 12.3. The van der Waals surface area contributed by atoms with Crippen LogP contribution in [-0.4, -0.2) is 49.3 Å². The fourth-order valence-electron chi connectivity index (χ4n) is 3.43. The molecule has 0 spiro atoms. The highest BCUT2D eigenvalue weighted by atomic mass is 16.5. The van der Waals surface area contributed by atoms with Crippen LogP contribution in [-0.2, 0) is 4.74 Å². The molecule has 106 valence electrons. The number of nitrogens with one attached hydrogen (secondary N) is 1. The molecule has 0 saturated carbocycles. The summed E-state index contributed by atoms with van der Waals surface area (Å²) in [6.45, 7) is 11.2. The molecule has 3 atom stereocenters. The molecule has 0 amide bonds. The molecule has 2 rings (SSSR count). The van der Waals surface area contributed by atoms with E-state index in [-0.39, 0.29) is 0 Å². The zero-order valence-corrected chi connectivity index (χ0v) is 12.3. The highest BCUT2D eigenvalue weighted by molar-refractivity contribution is 4.90. The molecule has 0 radical (unpaired) electrons. The first-order valence-electron chi connectivity index (χ1n) is 7.77. The van der Waals surface area contributed by atoms with Crippen LogP contribution in [0.3, 0.4) is 0 Å². The lowest BCUT2D eigenvalue weighted by Crippen LogP contribution is -2.60. The minimum atomic E-state index is 0.667. The van der Waals surface area contributed by atoms with E-state index >= 15 is 0 Å². The lowest BCUT2D eigenvalue weighted by Gasteiger charge is -2.46. The molecule has 0 bridgehead atoms. The zero-order chi connectivity index (χ0) is 13.0. The van der Waals surface area contributed by atoms with E-state index in [1.807, 2.05) is 0 Å². The molecule has 2 aliphatic heterocycles. The van der Waals surface area contributed by atoms with E-state index in [0.717, 1.165) is 25.7 Å². The predicted octanol–water partition coefficient (Wildman–Crippen LogP) is 2.26. The molecule has 0 aromatic rings. The summed E-state index contributed by atoms with van der Waals surface area (Å²) in [5.41, 5.74) is 0. The fraction of sp³-hybridized carbons (Fsp3) is 1.00. The molecular formula is C15H30N2O. The van der Waals surface area contributed by atoms with Gasteiger partial charge in [0, 0.05) is 37.8 Å². The van der Waals surface area contributed by atoms with Crippen molar-refractivity contribution in [1.82, 2.24) is 10.2 Å². The summed E-state index contributed by atoms with van der Waals surface area (Å²) in [6.07, 6.45) is 5.10. The summed E-state index contributed by atoms with van der Waals surface area (Å²) >= 11 is 0. The Morgan fingerprint density at radius 1 is 1.39 bits per heavy atom. The van der Waals surface area contributed by atoms with Crippen molar-refractivity contribution in [2.45, 2.75) is 64.6 Å². The van der Waals surface area contributed by atoms with Gasteiger partial charge in [0.1, 0.15) is 0 Å². The standard InChI is InChI=1S/C15H30N2O/c1-4-14-9-16-13(8-12(2)3)10-17(14)15-6-5-7-18-11-15/h12-16H,4-11H2,1-3H3. The minimum Gasteiger partial charge on any atom is -0.380 e. The van der Waals surface area contributed by atoms with E-state index in [1.54, 1.807) is 0 Å². The summed E-state index contributed by atoms with van der Waals surface area (Å²) in [5.74, 6) is 0.783. The van der Waals surface area contributed by atoms with E-state index < -0.39 is 0 Å². The van der Waals surface area contributed by atoms with Crippen molar-refractivity contribution in [2.75, 3.05) is 26.3 Å². The van der Waals surface area contributed by atoms with E-state index in [2.05, 4.69) is 31.0 Å². The number of hydrogen-bond acceptors (Lipinski definition) is 3. The number of nitrogens with zero attached hydrogens (tertiary/aromatic N) is 1. The van der Waals surface area contributed by atoms with Gasteiger partial charge in [-0.2, -0.15) is 0 Å². The molecule has 1 N–H and O–H groups in total. The molecule has 2 fully saturated rings. The minimum absolute atomic E-state index is 0.667. The Balaban J connectivity index is 1.93. The van der Waals surface area contributed by atoms with Gasteiger partial charge in [-0.1, -0.05) is 20.8 Å². The van der Waals surface area contributed by atoms with Gasteiger partial charge in [-0.3, -0.25) is 4.90 Å². The fourth-order valence-corrected chi connectivity index (χ4v) is 3.43. The molecule has 3 unspecified atom stereocenters. The molecule has 18 heavy (non-hydrogen) atoms. The number of piperazine rings is 1. The monoisotopic (exact) mass is 254 g/mol. The van der Waals surface area contributed by atoms with Gasteiger partial charge < -0.3 is 10.1 Å². The Morgan fingerprint density at radius 2 is 2.22 bits per heavy atom. The first-order chi connectivity index (χ1) is 8.70. The third-order valence-corrected chi connectivity index (χ3v) is 4.37. The highest BCUT2D eigenvalue weighted by Crippen LogP contribution is 2.22. The molecule has 2 saturated heterocycles. The summed E-state index contributed by atoms with van der Waals surface area (Å²) < 4.78 is 5.68. The van der Waals surface area contributed by atoms with Gasteiger partial charge in [-0.25, -0.2) is 0 Å². The van der Waals surface area contributed by atoms with Crippen molar-refractivity contribution in [2.24, 2.45) is 5.92 Å². The predicted molar refractivity (Wildman–Crippen MR) is 75.9 cm³/mol. The van der Waals surface area contributed by atoms with Crippen LogP contribution in [0.4, 0.5) is 0 Å². The van der Waals surface area contributed by atoms with Crippen molar-refractivity contribution in [3.8, 4) is 0 Å². The van der Waals surface area contributed by atoms with Crippen LogP contribution in [0.5, 0.6) is 0 Å². The Bertz CT molecular complexity index is 239. The number of hydrogen-bond donors (Lipinski definition) is 1. The van der Waals surface area contributed by atoms with Gasteiger partial charge in [0.25, 0.3) is 0 Å². The maximum Gasteiger partial charge on any atom is 0.0621 e. The van der Waals surface area contributed by atoms with Crippen LogP contribution in [0.25, 0.3) is 0 Å². The van der Waals surface area contributed by atoms with E-state index in [9.17, 15) is 0 Å². The van der Waals surface area contributed by atoms with Gasteiger partial charge >= 0.3 is 0 Å². The van der Waals surface area contributed by atoms with Crippen molar-refractivity contribution in [3.63, 3.8) is 0 Å². The Morgan fingerprint density at radius 3 is 2.83 bits per heavy atom. The molecule has 2 heterocycles. The van der Waals surface area contributed by atoms with Crippen molar-refractivity contribution >= 4 is 0 Å². The maximum atomic E-state index is 5.68. The maximum absolute atomic E-state index is 5.68. The quantitative estimate of drug-likeness (QED) is 0.833. The third kappa shape index (κ3) is 3.69. The largest absolute Gasteiger partial charge is 0.380 e. The van der Waals surface area contributed by atoms with Crippen LogP contribution >= 0.6 is 0 Å². The molecule has 0 aliphatic carbocycles. The lowest BCUT2D eigenvalue weighted by atomic mass is 9.96. The molecular weight excluding hydrogens is 224 g/mol. The second-order valence-electron chi connectivity index (χ2n) is 6.36. The summed E-state index contributed by atoms with van der Waals surface area (Å²) in [6, 6.07) is 2.05. The Hall–Kier alpha value is -0.120. The molecule has 2 aliphatic rings. The third-order valence-electron chi connectivity index (χ3n) is 4.37. The van der Waals surface area contributed by atoms with Crippen LogP contribution in [0.15, 0.2) is 0 Å². The van der Waals surface area contributed by atoms with Crippen LogP contribution < -0.4 is 5.32 Å². The molecule has 0 aromatic heterocycles. The van der Waals surface area contributed by atoms with Gasteiger partial charge in [-0.15, -0.1) is 0 Å². The second kappa shape index (κ2) is 6.88. The van der Waals surface area contributed by atoms with Crippen LogP contribution in [0, 0.1) is 5.92 Å². The van der Waals surface area contributed by atoms with Crippen LogP contribution in [0.2, 0.25) is 0 Å². The number of rotatable bonds is 4. The SMILES string of the molecule is CCC1CNC(CC(C)C)CN1C1CCCOC1. The summed E-state index contributed by atoms with van der Waals surface area (Å²) in [4.78, 5) is 2.74.